The van der Waals surface area contributed by atoms with E-state index in [1.807, 2.05) is 39.8 Å². The van der Waals surface area contributed by atoms with Gasteiger partial charge in [0.25, 0.3) is 5.91 Å². The van der Waals surface area contributed by atoms with Crippen LogP contribution < -0.4 is 10.1 Å². The molecule has 2 aromatic rings. The fourth-order valence-electron chi connectivity index (χ4n) is 3.88. The number of nitrogens with one attached hydrogen (secondary N) is 1. The maximum absolute atomic E-state index is 12.8. The summed E-state index contributed by atoms with van der Waals surface area (Å²) in [7, 11) is 1.79. The lowest BCUT2D eigenvalue weighted by atomic mass is 10.1. The van der Waals surface area contributed by atoms with Crippen molar-refractivity contribution in [2.24, 2.45) is 7.05 Å². The molecule has 0 unspecified atom stereocenters. The van der Waals surface area contributed by atoms with Crippen molar-refractivity contribution in [3.05, 3.63) is 77.3 Å². The SMILES string of the molecule is C=C(/C=C\C(=C/C)N(CC)CCCC)c1cc(C(=O)NCc2ccc(OC(C)(C)C(=O)O)c(C)c2)nn1C.CC. The first-order valence-electron chi connectivity index (χ1n) is 14.1. The third-order valence-corrected chi connectivity index (χ3v) is 6.29. The average molecular weight is 553 g/mol. The van der Waals surface area contributed by atoms with Crippen molar-refractivity contribution in [2.75, 3.05) is 13.1 Å². The molecule has 8 heteroatoms. The van der Waals surface area contributed by atoms with E-state index in [9.17, 15) is 14.7 Å². The lowest BCUT2D eigenvalue weighted by molar-refractivity contribution is -0.152. The number of rotatable bonds is 14. The molecule has 40 heavy (non-hydrogen) atoms. The van der Waals surface area contributed by atoms with Gasteiger partial charge in [-0.3, -0.25) is 9.48 Å². The van der Waals surface area contributed by atoms with Gasteiger partial charge in [-0.1, -0.05) is 58.1 Å². The van der Waals surface area contributed by atoms with Crippen molar-refractivity contribution in [1.82, 2.24) is 20.0 Å². The summed E-state index contributed by atoms with van der Waals surface area (Å²) in [6, 6.07) is 7.12. The van der Waals surface area contributed by atoms with Gasteiger partial charge >= 0.3 is 5.97 Å². The molecule has 0 spiro atoms. The molecule has 0 radical (unpaired) electrons. The minimum absolute atomic E-state index is 0.292. The van der Waals surface area contributed by atoms with Crippen LogP contribution in [-0.4, -0.2) is 50.4 Å². The molecular weight excluding hydrogens is 504 g/mol. The highest BCUT2D eigenvalue weighted by Crippen LogP contribution is 2.24. The first-order chi connectivity index (χ1) is 18.9. The summed E-state index contributed by atoms with van der Waals surface area (Å²) < 4.78 is 7.30. The van der Waals surface area contributed by atoms with Crippen LogP contribution in [0.3, 0.4) is 0 Å². The van der Waals surface area contributed by atoms with Crippen molar-refractivity contribution in [3.63, 3.8) is 0 Å². The van der Waals surface area contributed by atoms with Crippen molar-refractivity contribution >= 4 is 17.4 Å². The third-order valence-electron chi connectivity index (χ3n) is 6.29. The van der Waals surface area contributed by atoms with Crippen LogP contribution in [0.4, 0.5) is 0 Å². The molecule has 1 aromatic carbocycles. The van der Waals surface area contributed by atoms with Crippen LogP contribution in [0.2, 0.25) is 0 Å². The van der Waals surface area contributed by atoms with Crippen molar-refractivity contribution in [2.45, 2.75) is 80.4 Å². The van der Waals surface area contributed by atoms with Crippen LogP contribution in [-0.2, 0) is 18.4 Å². The Kier molecular flexibility index (Phi) is 14.0. The molecule has 0 aliphatic carbocycles. The summed E-state index contributed by atoms with van der Waals surface area (Å²) in [6.45, 7) is 21.6. The average Bonchev–Trinajstić information content (AvgIpc) is 3.33. The Morgan fingerprint density at radius 2 is 1.88 bits per heavy atom. The predicted molar refractivity (Wildman–Crippen MR) is 163 cm³/mol. The van der Waals surface area contributed by atoms with E-state index in [4.69, 9.17) is 4.74 Å². The number of carbonyl (C=O) groups is 2. The zero-order valence-corrected chi connectivity index (χ0v) is 25.8. The molecule has 1 heterocycles. The molecule has 220 valence electrons. The van der Waals surface area contributed by atoms with Crippen molar-refractivity contribution in [1.29, 1.82) is 0 Å². The van der Waals surface area contributed by atoms with Gasteiger partial charge in [0.05, 0.1) is 5.69 Å². The summed E-state index contributed by atoms with van der Waals surface area (Å²) in [5, 5.41) is 16.6. The number of aromatic nitrogens is 2. The molecule has 0 aliphatic heterocycles. The fourth-order valence-corrected chi connectivity index (χ4v) is 3.88. The lowest BCUT2D eigenvalue weighted by Gasteiger charge is -2.24. The smallest absolute Gasteiger partial charge is 0.347 e. The maximum Gasteiger partial charge on any atom is 0.347 e. The van der Waals surface area contributed by atoms with Crippen LogP contribution >= 0.6 is 0 Å². The molecule has 0 atom stereocenters. The number of hydrogen-bond donors (Lipinski definition) is 2. The van der Waals surface area contributed by atoms with Crippen molar-refractivity contribution < 1.29 is 19.4 Å². The summed E-state index contributed by atoms with van der Waals surface area (Å²) >= 11 is 0. The molecule has 0 fully saturated rings. The number of unbranched alkanes of at least 4 members (excludes halogenated alkanes) is 1. The van der Waals surface area contributed by atoms with Gasteiger partial charge in [0.15, 0.2) is 11.3 Å². The van der Waals surface area contributed by atoms with E-state index >= 15 is 0 Å². The number of hydrogen-bond acceptors (Lipinski definition) is 5. The van der Waals surface area contributed by atoms with Crippen LogP contribution in [0.5, 0.6) is 5.75 Å². The summed E-state index contributed by atoms with van der Waals surface area (Å²) in [5.41, 5.74) is 3.28. The molecule has 1 amide bonds. The lowest BCUT2D eigenvalue weighted by Crippen LogP contribution is -2.38. The standard InChI is InChI=1S/C30H42N4O4.C2H6/c1-9-12-17-34(11-3)24(10-2)15-13-21(4)26-19-25(32-33(26)8)28(35)31-20-23-14-16-27(22(5)18-23)38-30(6,7)29(36)37;1-2/h10,13-16,18-19H,4,9,11-12,17,20H2,1-3,5-8H3,(H,31,35)(H,36,37);1-2H3/b15-13-,24-10+;. The number of benzene rings is 1. The predicted octanol–water partition coefficient (Wildman–Crippen LogP) is 6.52. The second-order valence-corrected chi connectivity index (χ2v) is 9.74. The van der Waals surface area contributed by atoms with E-state index in [-0.39, 0.29) is 5.91 Å². The number of nitrogens with zero attached hydrogens (tertiary/aromatic N) is 3. The number of carbonyl (C=O) groups excluding carboxylic acids is 1. The molecule has 0 bridgehead atoms. The van der Waals surface area contributed by atoms with Gasteiger partial charge in [-0.05, 0) is 75.9 Å². The zero-order chi connectivity index (χ0) is 30.5. The maximum atomic E-state index is 12.8. The van der Waals surface area contributed by atoms with Gasteiger partial charge in [0.2, 0.25) is 0 Å². The van der Waals surface area contributed by atoms with Crippen LogP contribution in [0.15, 0.2) is 54.8 Å². The van der Waals surface area contributed by atoms with Crippen molar-refractivity contribution in [3.8, 4) is 5.75 Å². The molecule has 8 nitrogen and oxygen atoms in total. The molecule has 2 N–H and O–H groups in total. The normalized spacial score (nSPS) is 11.6. The topological polar surface area (TPSA) is 96.7 Å². The number of carboxylic acids is 1. The number of ether oxygens (including phenoxy) is 1. The van der Waals surface area contributed by atoms with Gasteiger partial charge in [-0.25, -0.2) is 4.79 Å². The quantitative estimate of drug-likeness (QED) is 0.259. The van der Waals surface area contributed by atoms with Gasteiger partial charge in [-0.15, -0.1) is 0 Å². The van der Waals surface area contributed by atoms with E-state index in [0.717, 1.165) is 54.0 Å². The summed E-state index contributed by atoms with van der Waals surface area (Å²) in [6.07, 6.45) is 8.40. The summed E-state index contributed by atoms with van der Waals surface area (Å²) in [4.78, 5) is 26.5. The van der Waals surface area contributed by atoms with Crippen LogP contribution in [0, 0.1) is 6.92 Å². The van der Waals surface area contributed by atoms with E-state index in [2.05, 4.69) is 47.9 Å². The second kappa shape index (κ2) is 16.3. The van der Waals surface area contributed by atoms with Gasteiger partial charge < -0.3 is 20.1 Å². The molecule has 1 aromatic heterocycles. The number of aryl methyl sites for hydroxylation is 2. The Balaban J connectivity index is 0.00000391. The van der Waals surface area contributed by atoms with Gasteiger partial charge in [-0.2, -0.15) is 5.10 Å². The Morgan fingerprint density at radius 1 is 1.20 bits per heavy atom. The first-order valence-corrected chi connectivity index (χ1v) is 14.1. The molecular formula is C32H48N4O4. The molecule has 0 saturated carbocycles. The number of likely N-dealkylation sites (N-methyl/N-ethyl adjacent to an activating group) is 1. The Morgan fingerprint density at radius 3 is 2.42 bits per heavy atom. The van der Waals surface area contributed by atoms with E-state index in [0.29, 0.717) is 18.0 Å². The largest absolute Gasteiger partial charge is 0.478 e. The van der Waals surface area contributed by atoms with E-state index in [1.54, 1.807) is 29.9 Å². The highest BCUT2D eigenvalue weighted by Gasteiger charge is 2.29. The number of aliphatic carboxylic acids is 1. The Hall–Kier alpha value is -3.81. The molecule has 2 rings (SSSR count). The van der Waals surface area contributed by atoms with Gasteiger partial charge in [0.1, 0.15) is 5.75 Å². The van der Waals surface area contributed by atoms with Crippen LogP contribution in [0.1, 0.15) is 88.6 Å². The highest BCUT2D eigenvalue weighted by molar-refractivity contribution is 5.93. The fraction of sp³-hybridized carbons (Fsp3) is 0.469. The number of allylic oxidation sites excluding steroid dienone is 4. The van der Waals surface area contributed by atoms with E-state index < -0.39 is 11.6 Å². The summed E-state index contributed by atoms with van der Waals surface area (Å²) in [5.74, 6) is -0.847. The minimum atomic E-state index is -1.34. The Labute approximate surface area is 240 Å². The number of carboxylic acid groups (broad SMARTS) is 1. The second-order valence-electron chi connectivity index (χ2n) is 9.74. The Bertz CT molecular complexity index is 1210. The molecule has 0 aliphatic rings. The first kappa shape index (κ1) is 34.2. The minimum Gasteiger partial charge on any atom is -0.478 e. The van der Waals surface area contributed by atoms with Gasteiger partial charge in [0, 0.05) is 32.4 Å². The van der Waals surface area contributed by atoms with Crippen LogP contribution in [0.25, 0.3) is 5.57 Å². The molecule has 0 saturated heterocycles. The zero-order valence-electron chi connectivity index (χ0n) is 25.8. The number of amides is 1. The van der Waals surface area contributed by atoms with E-state index in [1.165, 1.54) is 13.8 Å². The third kappa shape index (κ3) is 9.74. The monoisotopic (exact) mass is 552 g/mol. The highest BCUT2D eigenvalue weighted by atomic mass is 16.5.